The van der Waals surface area contributed by atoms with E-state index in [4.69, 9.17) is 11.6 Å². The number of halogens is 4. The van der Waals surface area contributed by atoms with E-state index >= 15 is 8.78 Å². The lowest BCUT2D eigenvalue weighted by molar-refractivity contribution is -0.130. The second-order valence-corrected chi connectivity index (χ2v) is 12.2. The van der Waals surface area contributed by atoms with Crippen LogP contribution in [-0.2, 0) is 9.59 Å². The SMILES string of the molecule is CC(=O)N1CCC(SN2CC(C(=O)NC(c3c(F)ccc(Cl)c3F)C34CCC(F)(CC3)C4)C2)C1. The average Bonchev–Trinajstić information content (AvgIpc) is 3.46. The lowest BCUT2D eigenvalue weighted by atomic mass is 9.74. The molecule has 2 saturated carbocycles. The van der Waals surface area contributed by atoms with Gasteiger partial charge in [0, 0.05) is 43.9 Å². The Morgan fingerprint density at radius 3 is 2.47 bits per heavy atom. The molecule has 186 valence electrons. The van der Waals surface area contributed by atoms with Crippen LogP contribution in [0.15, 0.2) is 12.1 Å². The molecule has 1 aromatic carbocycles. The Hall–Kier alpha value is -1.45. The third kappa shape index (κ3) is 4.32. The fourth-order valence-electron chi connectivity index (χ4n) is 6.17. The maximum absolute atomic E-state index is 15.1. The van der Waals surface area contributed by atoms with Crippen molar-refractivity contribution in [2.45, 2.75) is 62.4 Å². The Labute approximate surface area is 206 Å². The minimum absolute atomic E-state index is 0.0750. The second kappa shape index (κ2) is 8.89. The average molecular weight is 516 g/mol. The summed E-state index contributed by atoms with van der Waals surface area (Å²) in [6, 6.07) is 1.31. The van der Waals surface area contributed by atoms with E-state index in [9.17, 15) is 14.0 Å². The van der Waals surface area contributed by atoms with Crippen LogP contribution in [0.2, 0.25) is 5.02 Å². The maximum atomic E-state index is 15.1. The molecule has 0 aromatic heterocycles. The van der Waals surface area contributed by atoms with Crippen molar-refractivity contribution in [2.24, 2.45) is 11.3 Å². The van der Waals surface area contributed by atoms with Crippen LogP contribution < -0.4 is 5.32 Å². The molecule has 1 N–H and O–H groups in total. The summed E-state index contributed by atoms with van der Waals surface area (Å²) >= 11 is 7.63. The molecule has 2 bridgehead atoms. The van der Waals surface area contributed by atoms with Crippen LogP contribution in [0.4, 0.5) is 13.2 Å². The Bertz CT molecular complexity index is 998. The van der Waals surface area contributed by atoms with E-state index in [-0.39, 0.29) is 34.7 Å². The summed E-state index contributed by atoms with van der Waals surface area (Å²) in [5, 5.41) is 3.02. The van der Waals surface area contributed by atoms with E-state index in [0.717, 1.165) is 25.1 Å². The number of rotatable bonds is 6. The number of amides is 2. The van der Waals surface area contributed by atoms with Crippen molar-refractivity contribution in [3.05, 3.63) is 34.4 Å². The standard InChI is InChI=1S/C24H29ClF3N3O2S/c1-14(32)30-9-4-16(12-30)34-31-10-15(11-31)22(33)29-21(19-18(26)3-2-17(25)20(19)27)23-5-7-24(28,13-23)8-6-23/h2-3,15-16,21H,4-13H2,1H3,(H,29,33). The number of nitrogens with one attached hydrogen (secondary N) is 1. The molecule has 2 atom stereocenters. The van der Waals surface area contributed by atoms with Crippen LogP contribution in [-0.4, -0.2) is 58.1 Å². The lowest BCUT2D eigenvalue weighted by Crippen LogP contribution is -2.53. The predicted molar refractivity (Wildman–Crippen MR) is 125 cm³/mol. The monoisotopic (exact) mass is 515 g/mol. The van der Waals surface area contributed by atoms with Crippen molar-refractivity contribution >= 4 is 35.4 Å². The fraction of sp³-hybridized carbons (Fsp3) is 0.667. The van der Waals surface area contributed by atoms with Gasteiger partial charge in [-0.25, -0.2) is 17.5 Å². The van der Waals surface area contributed by atoms with E-state index in [1.165, 1.54) is 0 Å². The van der Waals surface area contributed by atoms with Gasteiger partial charge < -0.3 is 10.2 Å². The minimum atomic E-state index is -1.33. The summed E-state index contributed by atoms with van der Waals surface area (Å²) in [5.74, 6) is -2.15. The number of alkyl halides is 1. The van der Waals surface area contributed by atoms with Crippen molar-refractivity contribution in [1.82, 2.24) is 14.5 Å². The number of likely N-dealkylation sites (tertiary alicyclic amines) is 1. The van der Waals surface area contributed by atoms with Crippen molar-refractivity contribution in [3.63, 3.8) is 0 Å². The van der Waals surface area contributed by atoms with E-state index in [1.807, 2.05) is 4.90 Å². The van der Waals surface area contributed by atoms with Crippen molar-refractivity contribution < 1.29 is 22.8 Å². The zero-order valence-electron chi connectivity index (χ0n) is 19.1. The van der Waals surface area contributed by atoms with Gasteiger partial charge in [0.05, 0.1) is 17.0 Å². The smallest absolute Gasteiger partial charge is 0.226 e. The van der Waals surface area contributed by atoms with Crippen molar-refractivity contribution in [1.29, 1.82) is 0 Å². The maximum Gasteiger partial charge on any atom is 0.226 e. The third-order valence-corrected chi connectivity index (χ3v) is 9.76. The zero-order valence-corrected chi connectivity index (χ0v) is 20.7. The number of benzene rings is 1. The largest absolute Gasteiger partial charge is 0.348 e. The molecule has 2 saturated heterocycles. The summed E-state index contributed by atoms with van der Waals surface area (Å²) in [5.41, 5.74) is -2.30. The van der Waals surface area contributed by atoms with Crippen LogP contribution in [0.1, 0.15) is 57.1 Å². The Balaban J connectivity index is 1.27. The molecule has 2 amide bonds. The van der Waals surface area contributed by atoms with E-state index in [1.54, 1.807) is 18.9 Å². The Morgan fingerprint density at radius 1 is 1.18 bits per heavy atom. The first-order valence-corrected chi connectivity index (χ1v) is 13.1. The summed E-state index contributed by atoms with van der Waals surface area (Å²) in [7, 11) is 0. The molecule has 0 spiro atoms. The van der Waals surface area contributed by atoms with Gasteiger partial charge in [0.2, 0.25) is 11.8 Å². The van der Waals surface area contributed by atoms with Crippen molar-refractivity contribution in [2.75, 3.05) is 26.2 Å². The fourth-order valence-corrected chi connectivity index (χ4v) is 7.75. The minimum Gasteiger partial charge on any atom is -0.348 e. The van der Waals surface area contributed by atoms with Crippen molar-refractivity contribution in [3.8, 4) is 0 Å². The molecule has 1 aromatic rings. The highest BCUT2D eigenvalue weighted by atomic mass is 35.5. The first-order chi connectivity index (χ1) is 16.1. The summed E-state index contributed by atoms with van der Waals surface area (Å²) < 4.78 is 47.1. The lowest BCUT2D eigenvalue weighted by Gasteiger charge is -2.42. The molecule has 2 aliphatic heterocycles. The first kappa shape index (κ1) is 24.3. The molecule has 5 nitrogen and oxygen atoms in total. The number of carbonyl (C=O) groups excluding carboxylic acids is 2. The Morgan fingerprint density at radius 2 is 1.88 bits per heavy atom. The number of hydrogen-bond donors (Lipinski definition) is 1. The molecule has 2 aliphatic carbocycles. The Kier molecular flexibility index (Phi) is 6.34. The van der Waals surface area contributed by atoms with Gasteiger partial charge in [-0.15, -0.1) is 0 Å². The van der Waals surface area contributed by atoms with Gasteiger partial charge in [0.25, 0.3) is 0 Å². The highest BCUT2D eigenvalue weighted by Gasteiger charge is 2.59. The van der Waals surface area contributed by atoms with Crippen LogP contribution in [0.5, 0.6) is 0 Å². The van der Waals surface area contributed by atoms with Gasteiger partial charge in [-0.3, -0.25) is 9.59 Å². The number of nitrogens with zero attached hydrogens (tertiary/aromatic N) is 2. The van der Waals surface area contributed by atoms with E-state index < -0.39 is 28.8 Å². The van der Waals surface area contributed by atoms with Gasteiger partial charge >= 0.3 is 0 Å². The quantitative estimate of drug-likeness (QED) is 0.443. The predicted octanol–water partition coefficient (Wildman–Crippen LogP) is 4.65. The first-order valence-electron chi connectivity index (χ1n) is 11.9. The molecule has 4 aliphatic rings. The molecular weight excluding hydrogens is 487 g/mol. The molecule has 2 heterocycles. The molecule has 10 heteroatoms. The van der Waals surface area contributed by atoms with Crippen LogP contribution >= 0.6 is 23.5 Å². The molecule has 34 heavy (non-hydrogen) atoms. The summed E-state index contributed by atoms with van der Waals surface area (Å²) in [6.07, 6.45) is 2.74. The number of fused-ring (bicyclic) bond motifs is 2. The van der Waals surface area contributed by atoms with Gasteiger partial charge in [-0.2, -0.15) is 0 Å². The van der Waals surface area contributed by atoms with Gasteiger partial charge in [-0.1, -0.05) is 23.5 Å². The van der Waals surface area contributed by atoms with E-state index in [0.29, 0.717) is 50.6 Å². The second-order valence-electron chi connectivity index (χ2n) is 10.4. The van der Waals surface area contributed by atoms with Gasteiger partial charge in [-0.05, 0) is 56.1 Å². The third-order valence-electron chi connectivity index (χ3n) is 8.19. The normalized spacial score (nSPS) is 32.1. The molecule has 5 rings (SSSR count). The molecule has 4 fully saturated rings. The number of hydrogen-bond acceptors (Lipinski definition) is 4. The summed E-state index contributed by atoms with van der Waals surface area (Å²) in [4.78, 5) is 26.5. The topological polar surface area (TPSA) is 52.7 Å². The van der Waals surface area contributed by atoms with Gasteiger partial charge in [0.1, 0.15) is 17.3 Å². The molecule has 0 radical (unpaired) electrons. The molecule has 2 unspecified atom stereocenters. The highest BCUT2D eigenvalue weighted by Crippen LogP contribution is 2.63. The van der Waals surface area contributed by atoms with Gasteiger partial charge in [0.15, 0.2) is 0 Å². The summed E-state index contributed by atoms with van der Waals surface area (Å²) in [6.45, 7) is 4.08. The van der Waals surface area contributed by atoms with E-state index in [2.05, 4.69) is 9.62 Å². The molecular formula is C24H29ClF3N3O2S. The zero-order chi connectivity index (χ0) is 24.3. The van der Waals surface area contributed by atoms with Crippen LogP contribution in [0.3, 0.4) is 0 Å². The number of carbonyl (C=O) groups is 2. The van der Waals surface area contributed by atoms with Crippen LogP contribution in [0, 0.1) is 23.0 Å². The highest BCUT2D eigenvalue weighted by molar-refractivity contribution is 7.97. The van der Waals surface area contributed by atoms with Crippen LogP contribution in [0.25, 0.3) is 0 Å².